The van der Waals surface area contributed by atoms with Gasteiger partial charge in [-0.1, -0.05) is 17.7 Å². The zero-order valence-corrected chi connectivity index (χ0v) is 18.4. The number of carbonyl (C=O) groups excluding carboxylic acids is 3. The quantitative estimate of drug-likeness (QED) is 0.594. The molecule has 0 spiro atoms. The van der Waals surface area contributed by atoms with Gasteiger partial charge in [0.2, 0.25) is 11.8 Å². The topological polar surface area (TPSA) is 134 Å². The maximum atomic E-state index is 12.7. The van der Waals surface area contributed by atoms with Gasteiger partial charge in [-0.3, -0.25) is 9.59 Å². The highest BCUT2D eigenvalue weighted by atomic mass is 32.2. The number of urea groups is 1. The Morgan fingerprint density at radius 1 is 1.12 bits per heavy atom. The Balaban J connectivity index is 1.69. The molecular weight excluding hydrogens is 436 g/mol. The van der Waals surface area contributed by atoms with E-state index in [0.29, 0.717) is 11.4 Å². The summed E-state index contributed by atoms with van der Waals surface area (Å²) in [5.41, 5.74) is 1.36. The van der Waals surface area contributed by atoms with E-state index in [-0.39, 0.29) is 24.4 Å². The van der Waals surface area contributed by atoms with Crippen LogP contribution in [-0.4, -0.2) is 57.4 Å². The molecule has 0 aliphatic carbocycles. The van der Waals surface area contributed by atoms with Gasteiger partial charge in [-0.25, -0.2) is 17.9 Å². The van der Waals surface area contributed by atoms with E-state index in [1.54, 1.807) is 36.4 Å². The molecule has 1 unspecified atom stereocenters. The minimum Gasteiger partial charge on any atom is -0.497 e. The zero-order valence-electron chi connectivity index (χ0n) is 17.6. The summed E-state index contributed by atoms with van der Waals surface area (Å²) in [7, 11) is -2.61. The van der Waals surface area contributed by atoms with Gasteiger partial charge in [0, 0.05) is 18.8 Å². The van der Waals surface area contributed by atoms with Gasteiger partial charge in [-0.05, 0) is 43.3 Å². The molecule has 0 radical (unpaired) electrons. The number of rotatable bonds is 6. The fraction of sp³-hybridized carbons (Fsp3) is 0.286. The first-order valence-corrected chi connectivity index (χ1v) is 11.3. The molecule has 11 heteroatoms. The second kappa shape index (κ2) is 9.69. The van der Waals surface area contributed by atoms with Gasteiger partial charge in [-0.15, -0.1) is 0 Å². The Bertz CT molecular complexity index is 1100. The van der Waals surface area contributed by atoms with Gasteiger partial charge in [0.05, 0.1) is 18.4 Å². The van der Waals surface area contributed by atoms with Crippen LogP contribution in [0.25, 0.3) is 0 Å². The summed E-state index contributed by atoms with van der Waals surface area (Å²) in [4.78, 5) is 38.6. The van der Waals surface area contributed by atoms with E-state index in [1.165, 1.54) is 19.2 Å². The maximum Gasteiger partial charge on any atom is 0.332 e. The highest BCUT2D eigenvalue weighted by molar-refractivity contribution is 7.90. The van der Waals surface area contributed by atoms with Gasteiger partial charge < -0.3 is 20.3 Å². The number of benzene rings is 2. The van der Waals surface area contributed by atoms with Crippen molar-refractivity contribution in [2.75, 3.05) is 25.5 Å². The normalized spacial score (nSPS) is 16.1. The largest absolute Gasteiger partial charge is 0.497 e. The lowest BCUT2D eigenvalue weighted by Crippen LogP contribution is -2.60. The van der Waals surface area contributed by atoms with E-state index in [1.807, 2.05) is 11.6 Å². The minimum absolute atomic E-state index is 0.0570. The van der Waals surface area contributed by atoms with E-state index < -0.39 is 33.9 Å². The summed E-state index contributed by atoms with van der Waals surface area (Å²) < 4.78 is 32.1. The number of ether oxygens (including phenoxy) is 1. The van der Waals surface area contributed by atoms with Gasteiger partial charge in [0.15, 0.2) is 0 Å². The number of methoxy groups -OCH3 is 1. The molecular formula is C21H24N4O6S. The van der Waals surface area contributed by atoms with Crippen LogP contribution in [0.3, 0.4) is 0 Å². The van der Waals surface area contributed by atoms with E-state index >= 15 is 0 Å². The summed E-state index contributed by atoms with van der Waals surface area (Å²) in [5, 5.41) is 5.24. The third-order valence-electron chi connectivity index (χ3n) is 4.90. The van der Waals surface area contributed by atoms with Crippen LogP contribution in [0.2, 0.25) is 0 Å². The van der Waals surface area contributed by atoms with Crippen LogP contribution in [0.1, 0.15) is 12.0 Å². The van der Waals surface area contributed by atoms with Crippen LogP contribution >= 0.6 is 0 Å². The number of sulfonamides is 1. The van der Waals surface area contributed by atoms with Gasteiger partial charge >= 0.3 is 6.03 Å². The minimum atomic E-state index is -4.14. The van der Waals surface area contributed by atoms with Crippen molar-refractivity contribution < 1.29 is 27.5 Å². The first-order valence-electron chi connectivity index (χ1n) is 9.81. The molecule has 2 aromatic rings. The Hall–Kier alpha value is -3.60. The fourth-order valence-electron chi connectivity index (χ4n) is 3.17. The van der Waals surface area contributed by atoms with Crippen LogP contribution in [0.5, 0.6) is 5.75 Å². The lowest BCUT2D eigenvalue weighted by molar-refractivity contribution is -0.130. The Morgan fingerprint density at radius 3 is 2.41 bits per heavy atom. The molecule has 0 saturated carbocycles. The fourth-order valence-corrected chi connectivity index (χ4v) is 4.13. The molecule has 1 atom stereocenters. The number of hydrogen-bond acceptors (Lipinski definition) is 6. The third-order valence-corrected chi connectivity index (χ3v) is 6.23. The van der Waals surface area contributed by atoms with Crippen molar-refractivity contribution >= 4 is 33.6 Å². The standard InChI is InChI=1S/C21H24N4O6S/c1-14-3-9-17(10-4-14)32(29,30)24-21(28)25-12-11-22-20(27)18(25)13-19(26)23-15-5-7-16(31-2)8-6-15/h3-10,18H,11-13H2,1-2H3,(H,22,27)(H,23,26)(H,24,28). The molecule has 1 aliphatic heterocycles. The van der Waals surface area contributed by atoms with Crippen LogP contribution in [0, 0.1) is 6.92 Å². The lowest BCUT2D eigenvalue weighted by atomic mass is 10.1. The summed E-state index contributed by atoms with van der Waals surface area (Å²) >= 11 is 0. The number of aryl methyl sites for hydroxylation is 1. The highest BCUT2D eigenvalue weighted by Crippen LogP contribution is 2.17. The summed E-state index contributed by atoms with van der Waals surface area (Å²) in [6.45, 7) is 2.01. The summed E-state index contributed by atoms with van der Waals surface area (Å²) in [6, 6.07) is 10.5. The molecule has 3 N–H and O–H groups in total. The average Bonchev–Trinajstić information content (AvgIpc) is 2.75. The van der Waals surface area contributed by atoms with Crippen molar-refractivity contribution in [2.45, 2.75) is 24.3 Å². The first kappa shape index (κ1) is 23.1. The Kier molecular flexibility index (Phi) is 6.98. The molecule has 0 bridgehead atoms. The highest BCUT2D eigenvalue weighted by Gasteiger charge is 2.36. The van der Waals surface area contributed by atoms with Crippen molar-refractivity contribution in [3.63, 3.8) is 0 Å². The maximum absolute atomic E-state index is 12.7. The summed E-state index contributed by atoms with van der Waals surface area (Å²) in [5.74, 6) is -0.423. The SMILES string of the molecule is COc1ccc(NC(=O)CC2C(=O)NCCN2C(=O)NS(=O)(=O)c2ccc(C)cc2)cc1. The second-order valence-electron chi connectivity index (χ2n) is 7.20. The van der Waals surface area contributed by atoms with Gasteiger partial charge in [0.25, 0.3) is 10.0 Å². The van der Waals surface area contributed by atoms with Crippen molar-refractivity contribution in [3.05, 3.63) is 54.1 Å². The lowest BCUT2D eigenvalue weighted by Gasteiger charge is -2.34. The third kappa shape index (κ3) is 5.55. The average molecular weight is 461 g/mol. The number of piperazine rings is 1. The molecule has 1 fully saturated rings. The molecule has 170 valence electrons. The van der Waals surface area contributed by atoms with Crippen LogP contribution in [0.15, 0.2) is 53.4 Å². The first-order chi connectivity index (χ1) is 15.2. The van der Waals surface area contributed by atoms with Gasteiger partial charge in [0.1, 0.15) is 11.8 Å². The molecule has 1 heterocycles. The predicted molar refractivity (Wildman–Crippen MR) is 117 cm³/mol. The van der Waals surface area contributed by atoms with Crippen LogP contribution < -0.4 is 20.1 Å². The summed E-state index contributed by atoms with van der Waals surface area (Å²) in [6.07, 6.45) is -0.337. The monoisotopic (exact) mass is 460 g/mol. The molecule has 4 amide bonds. The van der Waals surface area contributed by atoms with E-state index in [0.717, 1.165) is 10.5 Å². The molecule has 1 saturated heterocycles. The molecule has 32 heavy (non-hydrogen) atoms. The molecule has 0 aromatic heterocycles. The van der Waals surface area contributed by atoms with Crippen LogP contribution in [0.4, 0.5) is 10.5 Å². The predicted octanol–water partition coefficient (Wildman–Crippen LogP) is 1.23. The molecule has 2 aromatic carbocycles. The number of carbonyl (C=O) groups is 3. The molecule has 1 aliphatic rings. The number of hydrogen-bond donors (Lipinski definition) is 3. The van der Waals surface area contributed by atoms with Crippen LogP contribution in [-0.2, 0) is 19.6 Å². The Labute approximate surface area is 186 Å². The number of nitrogens with zero attached hydrogens (tertiary/aromatic N) is 1. The molecule has 3 rings (SSSR count). The van der Waals surface area contributed by atoms with Crippen molar-refractivity contribution in [1.29, 1.82) is 0 Å². The zero-order chi connectivity index (χ0) is 23.3. The number of amides is 4. The van der Waals surface area contributed by atoms with E-state index in [9.17, 15) is 22.8 Å². The molecule has 10 nitrogen and oxygen atoms in total. The van der Waals surface area contributed by atoms with Gasteiger partial charge in [-0.2, -0.15) is 0 Å². The smallest absolute Gasteiger partial charge is 0.332 e. The van der Waals surface area contributed by atoms with Crippen molar-refractivity contribution in [1.82, 2.24) is 14.9 Å². The van der Waals surface area contributed by atoms with Crippen molar-refractivity contribution in [2.24, 2.45) is 0 Å². The Morgan fingerprint density at radius 2 is 1.78 bits per heavy atom. The van der Waals surface area contributed by atoms with E-state index in [2.05, 4.69) is 10.6 Å². The van der Waals surface area contributed by atoms with E-state index in [4.69, 9.17) is 4.74 Å². The van der Waals surface area contributed by atoms with Crippen molar-refractivity contribution in [3.8, 4) is 5.75 Å². The number of anilines is 1. The number of nitrogens with one attached hydrogen (secondary N) is 3. The second-order valence-corrected chi connectivity index (χ2v) is 8.89.